The highest BCUT2D eigenvalue weighted by molar-refractivity contribution is 7.87. The minimum absolute atomic E-state index is 0.0917. The first-order chi connectivity index (χ1) is 12.3. The van der Waals surface area contributed by atoms with E-state index >= 15 is 0 Å². The zero-order chi connectivity index (χ0) is 18.7. The quantitative estimate of drug-likeness (QED) is 0.816. The number of ether oxygens (including phenoxy) is 1. The summed E-state index contributed by atoms with van der Waals surface area (Å²) in [6, 6.07) is 8.24. The number of morpholine rings is 1. The lowest BCUT2D eigenvalue weighted by atomic mass is 10.2. The molecule has 142 valence electrons. The summed E-state index contributed by atoms with van der Waals surface area (Å²) in [6.07, 6.45) is 0.383. The third-order valence-corrected chi connectivity index (χ3v) is 6.73. The van der Waals surface area contributed by atoms with Crippen molar-refractivity contribution < 1.29 is 13.2 Å². The molecule has 8 heteroatoms. The Balaban J connectivity index is 1.55. The molecule has 2 heterocycles. The van der Waals surface area contributed by atoms with Crippen molar-refractivity contribution in [3.63, 3.8) is 0 Å². The number of nitrogens with zero attached hydrogens (tertiary/aromatic N) is 2. The van der Waals surface area contributed by atoms with Crippen molar-refractivity contribution in [2.45, 2.75) is 39.4 Å². The Labute approximate surface area is 159 Å². The first-order valence-corrected chi connectivity index (χ1v) is 11.1. The molecule has 26 heavy (non-hydrogen) atoms. The molecular formula is C18H25N3O3S2. The molecule has 0 radical (unpaired) electrons. The summed E-state index contributed by atoms with van der Waals surface area (Å²) in [6.45, 7) is 6.93. The average molecular weight is 396 g/mol. The van der Waals surface area contributed by atoms with E-state index in [0.717, 1.165) is 16.3 Å². The number of thiazole rings is 1. The van der Waals surface area contributed by atoms with Crippen LogP contribution >= 0.6 is 11.3 Å². The maximum atomic E-state index is 12.5. The second kappa shape index (κ2) is 8.14. The molecule has 0 unspecified atom stereocenters. The summed E-state index contributed by atoms with van der Waals surface area (Å²) in [5.41, 5.74) is 3.20. The largest absolute Gasteiger partial charge is 0.373 e. The van der Waals surface area contributed by atoms with Gasteiger partial charge in [-0.15, -0.1) is 11.3 Å². The van der Waals surface area contributed by atoms with E-state index in [2.05, 4.69) is 40.9 Å². The predicted octanol–water partition coefficient (Wildman–Crippen LogP) is 2.60. The number of rotatable bonds is 6. The van der Waals surface area contributed by atoms with Gasteiger partial charge in [-0.3, -0.25) is 0 Å². The van der Waals surface area contributed by atoms with Crippen LogP contribution in [0.1, 0.15) is 25.1 Å². The van der Waals surface area contributed by atoms with Crippen LogP contribution in [0.2, 0.25) is 0 Å². The van der Waals surface area contributed by atoms with Gasteiger partial charge in [-0.05, 0) is 20.8 Å². The molecule has 1 fully saturated rings. The van der Waals surface area contributed by atoms with Gasteiger partial charge in [0.05, 0.1) is 17.9 Å². The van der Waals surface area contributed by atoms with Gasteiger partial charge in [0.2, 0.25) is 0 Å². The standard InChI is InChI=1S/C18H25N3O3S2/c1-13-4-6-16(7-5-13)18-20-17(12-25-18)8-9-19-26(22,23)21-10-14(2)24-15(3)11-21/h4-7,12,14-15,19H,8-11H2,1-3H3/t14-,15+. The van der Waals surface area contributed by atoms with Crippen LogP contribution in [0.3, 0.4) is 0 Å². The van der Waals surface area contributed by atoms with Crippen molar-refractivity contribution in [3.8, 4) is 10.6 Å². The van der Waals surface area contributed by atoms with Gasteiger partial charge in [0.15, 0.2) is 0 Å². The molecule has 1 aromatic heterocycles. The lowest BCUT2D eigenvalue weighted by molar-refractivity contribution is -0.0443. The van der Waals surface area contributed by atoms with Crippen molar-refractivity contribution in [3.05, 3.63) is 40.9 Å². The molecule has 1 aliphatic heterocycles. The van der Waals surface area contributed by atoms with Gasteiger partial charge in [-0.25, -0.2) is 9.71 Å². The van der Waals surface area contributed by atoms with Crippen LogP contribution in [0.15, 0.2) is 29.6 Å². The van der Waals surface area contributed by atoms with Crippen molar-refractivity contribution in [1.82, 2.24) is 14.0 Å². The molecule has 1 aliphatic rings. The summed E-state index contributed by atoms with van der Waals surface area (Å²) in [7, 11) is -3.49. The molecular weight excluding hydrogens is 370 g/mol. The number of aromatic nitrogens is 1. The van der Waals surface area contributed by atoms with E-state index in [4.69, 9.17) is 4.74 Å². The van der Waals surface area contributed by atoms with Crippen molar-refractivity contribution in [2.24, 2.45) is 0 Å². The smallest absolute Gasteiger partial charge is 0.279 e. The van der Waals surface area contributed by atoms with E-state index in [1.165, 1.54) is 9.87 Å². The molecule has 1 N–H and O–H groups in total. The van der Waals surface area contributed by atoms with Gasteiger partial charge in [-0.1, -0.05) is 29.8 Å². The second-order valence-corrected chi connectivity index (χ2v) is 9.35. The third-order valence-electron chi connectivity index (χ3n) is 4.24. The first-order valence-electron chi connectivity index (χ1n) is 8.75. The summed E-state index contributed by atoms with van der Waals surface area (Å²) in [4.78, 5) is 4.62. The van der Waals surface area contributed by atoms with Crippen molar-refractivity contribution in [1.29, 1.82) is 0 Å². The fourth-order valence-electron chi connectivity index (χ4n) is 2.98. The van der Waals surface area contributed by atoms with E-state index < -0.39 is 10.2 Å². The molecule has 1 saturated heterocycles. The van der Waals surface area contributed by atoms with Crippen LogP contribution in [0.5, 0.6) is 0 Å². The Hall–Kier alpha value is -1.32. The normalized spacial score (nSPS) is 21.8. The molecule has 6 nitrogen and oxygen atoms in total. The van der Waals surface area contributed by atoms with Crippen molar-refractivity contribution in [2.75, 3.05) is 19.6 Å². The van der Waals surface area contributed by atoms with Gasteiger partial charge < -0.3 is 4.74 Å². The number of hydrogen-bond donors (Lipinski definition) is 1. The summed E-state index contributed by atoms with van der Waals surface area (Å²) in [5, 5.41) is 2.95. The van der Waals surface area contributed by atoms with E-state index in [1.807, 2.05) is 19.2 Å². The number of aryl methyl sites for hydroxylation is 1. The van der Waals surface area contributed by atoms with Gasteiger partial charge in [0, 0.05) is 37.0 Å². The van der Waals surface area contributed by atoms with E-state index in [-0.39, 0.29) is 12.2 Å². The van der Waals surface area contributed by atoms with Crippen molar-refractivity contribution >= 4 is 21.5 Å². The summed E-state index contributed by atoms with van der Waals surface area (Å²) < 4.78 is 34.7. The number of nitrogens with one attached hydrogen (secondary N) is 1. The zero-order valence-corrected chi connectivity index (χ0v) is 16.9. The van der Waals surface area contributed by atoms with Crippen LogP contribution in [0.25, 0.3) is 10.6 Å². The Kier molecular flexibility index (Phi) is 6.09. The minimum Gasteiger partial charge on any atom is -0.373 e. The molecule has 0 bridgehead atoms. The van der Waals surface area contributed by atoms with Gasteiger partial charge in [-0.2, -0.15) is 12.7 Å². The fraction of sp³-hybridized carbons (Fsp3) is 0.500. The first kappa shape index (κ1) is 19.4. The van der Waals surface area contributed by atoms with Crippen LogP contribution in [0, 0.1) is 6.92 Å². The Bertz CT molecular complexity index is 824. The van der Waals surface area contributed by atoms with Crippen LogP contribution < -0.4 is 4.72 Å². The third kappa shape index (κ3) is 4.89. The molecule has 2 atom stereocenters. The summed E-state index contributed by atoms with van der Waals surface area (Å²) >= 11 is 1.58. The highest BCUT2D eigenvalue weighted by atomic mass is 32.2. The SMILES string of the molecule is Cc1ccc(-c2nc(CCNS(=O)(=O)N3C[C@@H](C)O[C@@H](C)C3)cs2)cc1. The lowest BCUT2D eigenvalue weighted by Gasteiger charge is -2.34. The fourth-order valence-corrected chi connectivity index (χ4v) is 5.19. The Morgan fingerprint density at radius 3 is 2.54 bits per heavy atom. The minimum atomic E-state index is -3.49. The average Bonchev–Trinajstić information content (AvgIpc) is 3.03. The second-order valence-electron chi connectivity index (χ2n) is 6.73. The summed E-state index contributed by atoms with van der Waals surface area (Å²) in [5.74, 6) is 0. The Morgan fingerprint density at radius 1 is 1.23 bits per heavy atom. The van der Waals surface area contributed by atoms with E-state index in [1.54, 1.807) is 11.3 Å². The van der Waals surface area contributed by atoms with Crippen LogP contribution in [0.4, 0.5) is 0 Å². The lowest BCUT2D eigenvalue weighted by Crippen LogP contribution is -2.52. The zero-order valence-electron chi connectivity index (χ0n) is 15.3. The molecule has 2 aromatic rings. The molecule has 0 aliphatic carbocycles. The predicted molar refractivity (Wildman–Crippen MR) is 104 cm³/mol. The molecule has 0 saturated carbocycles. The van der Waals surface area contributed by atoms with Crippen LogP contribution in [-0.4, -0.2) is 49.5 Å². The van der Waals surface area contributed by atoms with E-state index in [0.29, 0.717) is 26.1 Å². The molecule has 3 rings (SSSR count). The topological polar surface area (TPSA) is 71.5 Å². The van der Waals surface area contributed by atoms with Gasteiger partial charge >= 0.3 is 0 Å². The highest BCUT2D eigenvalue weighted by Crippen LogP contribution is 2.24. The maximum absolute atomic E-state index is 12.5. The van der Waals surface area contributed by atoms with Gasteiger partial charge in [0.25, 0.3) is 10.2 Å². The molecule has 1 aromatic carbocycles. The number of hydrogen-bond acceptors (Lipinski definition) is 5. The Morgan fingerprint density at radius 2 is 1.88 bits per heavy atom. The molecule has 0 spiro atoms. The maximum Gasteiger partial charge on any atom is 0.279 e. The van der Waals surface area contributed by atoms with Crippen LogP contribution in [-0.2, 0) is 21.4 Å². The van der Waals surface area contributed by atoms with E-state index in [9.17, 15) is 8.42 Å². The van der Waals surface area contributed by atoms with Gasteiger partial charge in [0.1, 0.15) is 5.01 Å². The monoisotopic (exact) mass is 395 g/mol. The highest BCUT2D eigenvalue weighted by Gasteiger charge is 2.30. The number of benzene rings is 1. The molecule has 0 amide bonds.